The lowest BCUT2D eigenvalue weighted by molar-refractivity contribution is 0.167. The van der Waals surface area contributed by atoms with Crippen LogP contribution < -0.4 is 10.1 Å². The van der Waals surface area contributed by atoms with Crippen molar-refractivity contribution in [3.63, 3.8) is 0 Å². The van der Waals surface area contributed by atoms with E-state index in [1.54, 1.807) is 32.5 Å². The summed E-state index contributed by atoms with van der Waals surface area (Å²) in [6, 6.07) is 8.27. The van der Waals surface area contributed by atoms with Crippen LogP contribution in [0.3, 0.4) is 0 Å². The van der Waals surface area contributed by atoms with Gasteiger partial charge in [-0.2, -0.15) is 0 Å². The van der Waals surface area contributed by atoms with Crippen molar-refractivity contribution in [3.05, 3.63) is 54.7 Å². The van der Waals surface area contributed by atoms with Gasteiger partial charge in [0.2, 0.25) is 5.95 Å². The molecular weight excluding hydrogens is 389 g/mol. The Morgan fingerprint density at radius 1 is 1.23 bits per heavy atom. The first-order valence-electron chi connectivity index (χ1n) is 9.17. The summed E-state index contributed by atoms with van der Waals surface area (Å²) < 4.78 is 24.7. The molecule has 0 radical (unpaired) electrons. The highest BCUT2D eigenvalue weighted by Gasteiger charge is 2.17. The van der Waals surface area contributed by atoms with Crippen LogP contribution >= 0.6 is 0 Å². The SMILES string of the molecule is CCOC(=O)Nc1nc2cc(-c3cncc(OC)c3)cc(-c3ncccc3F)c2[nH]1. The largest absolute Gasteiger partial charge is 0.495 e. The summed E-state index contributed by atoms with van der Waals surface area (Å²) >= 11 is 0. The van der Waals surface area contributed by atoms with Crippen molar-refractivity contribution in [1.29, 1.82) is 0 Å². The fraction of sp³-hybridized carbons (Fsp3) is 0.143. The number of anilines is 1. The predicted octanol–water partition coefficient (Wildman–Crippen LogP) is 4.40. The zero-order valence-corrected chi connectivity index (χ0v) is 16.3. The second kappa shape index (κ2) is 8.16. The Morgan fingerprint density at radius 3 is 2.87 bits per heavy atom. The molecule has 152 valence electrons. The van der Waals surface area contributed by atoms with E-state index in [-0.39, 0.29) is 18.2 Å². The third kappa shape index (κ3) is 3.77. The van der Waals surface area contributed by atoms with Crippen LogP contribution in [0.15, 0.2) is 48.9 Å². The number of hydrogen-bond donors (Lipinski definition) is 2. The van der Waals surface area contributed by atoms with Crippen molar-refractivity contribution in [2.24, 2.45) is 0 Å². The summed E-state index contributed by atoms with van der Waals surface area (Å²) in [6.45, 7) is 1.93. The van der Waals surface area contributed by atoms with E-state index in [0.717, 1.165) is 11.1 Å². The highest BCUT2D eigenvalue weighted by molar-refractivity contribution is 5.97. The number of carbonyl (C=O) groups excluding carboxylic acids is 1. The highest BCUT2D eigenvalue weighted by Crippen LogP contribution is 2.34. The molecule has 0 bridgehead atoms. The van der Waals surface area contributed by atoms with E-state index < -0.39 is 11.9 Å². The molecule has 0 unspecified atom stereocenters. The van der Waals surface area contributed by atoms with Gasteiger partial charge in [-0.15, -0.1) is 0 Å². The predicted molar refractivity (Wildman–Crippen MR) is 110 cm³/mol. The van der Waals surface area contributed by atoms with Crippen molar-refractivity contribution < 1.29 is 18.7 Å². The summed E-state index contributed by atoms with van der Waals surface area (Å²) in [7, 11) is 1.56. The number of hydrogen-bond acceptors (Lipinski definition) is 6. The first kappa shape index (κ1) is 19.3. The van der Waals surface area contributed by atoms with Gasteiger partial charge in [0, 0.05) is 23.5 Å². The fourth-order valence-corrected chi connectivity index (χ4v) is 3.06. The maximum Gasteiger partial charge on any atom is 0.413 e. The summed E-state index contributed by atoms with van der Waals surface area (Å²) in [5.74, 6) is 0.293. The van der Waals surface area contributed by atoms with Crippen LogP contribution in [0.2, 0.25) is 0 Å². The minimum absolute atomic E-state index is 0.159. The van der Waals surface area contributed by atoms with Crippen molar-refractivity contribution in [3.8, 4) is 28.1 Å². The number of halogens is 1. The number of fused-ring (bicyclic) bond motifs is 1. The third-order valence-electron chi connectivity index (χ3n) is 4.38. The molecule has 0 aliphatic carbocycles. The number of amides is 1. The molecule has 4 rings (SSSR count). The Bertz CT molecular complexity index is 1220. The van der Waals surface area contributed by atoms with Gasteiger partial charge < -0.3 is 14.5 Å². The molecular formula is C21H18FN5O3. The molecule has 0 aliphatic heterocycles. The van der Waals surface area contributed by atoms with Gasteiger partial charge in [0.15, 0.2) is 0 Å². The van der Waals surface area contributed by atoms with Crippen LogP contribution in [-0.2, 0) is 4.74 Å². The van der Waals surface area contributed by atoms with E-state index >= 15 is 0 Å². The number of rotatable bonds is 5. The monoisotopic (exact) mass is 407 g/mol. The molecule has 3 heterocycles. The quantitative estimate of drug-likeness (QED) is 0.508. The summed E-state index contributed by atoms with van der Waals surface area (Å²) in [5, 5.41) is 2.53. The zero-order valence-electron chi connectivity index (χ0n) is 16.3. The first-order chi connectivity index (χ1) is 14.6. The number of carbonyl (C=O) groups is 1. The van der Waals surface area contributed by atoms with Gasteiger partial charge in [0.1, 0.15) is 17.3 Å². The van der Waals surface area contributed by atoms with Crippen molar-refractivity contribution in [1.82, 2.24) is 19.9 Å². The number of H-pyrrole nitrogens is 1. The molecule has 3 aromatic heterocycles. The number of aromatic nitrogens is 4. The minimum Gasteiger partial charge on any atom is -0.495 e. The minimum atomic E-state index is -0.639. The maximum atomic E-state index is 14.6. The van der Waals surface area contributed by atoms with Crippen molar-refractivity contribution in [2.45, 2.75) is 6.92 Å². The molecule has 2 N–H and O–H groups in total. The van der Waals surface area contributed by atoms with Crippen molar-refractivity contribution in [2.75, 3.05) is 19.0 Å². The molecule has 0 atom stereocenters. The van der Waals surface area contributed by atoms with E-state index in [1.807, 2.05) is 12.1 Å². The Morgan fingerprint density at radius 2 is 2.10 bits per heavy atom. The molecule has 9 heteroatoms. The van der Waals surface area contributed by atoms with E-state index in [2.05, 4.69) is 25.3 Å². The van der Waals surface area contributed by atoms with Crippen LogP contribution in [-0.4, -0.2) is 39.7 Å². The Balaban J connectivity index is 1.90. The lowest BCUT2D eigenvalue weighted by atomic mass is 10.0. The first-order valence-corrected chi connectivity index (χ1v) is 9.17. The normalized spacial score (nSPS) is 10.8. The molecule has 0 spiro atoms. The summed E-state index contributed by atoms with van der Waals surface area (Å²) in [4.78, 5) is 27.6. The average Bonchev–Trinajstić information content (AvgIpc) is 3.16. The molecule has 1 amide bonds. The number of nitrogens with zero attached hydrogens (tertiary/aromatic N) is 3. The van der Waals surface area contributed by atoms with E-state index in [4.69, 9.17) is 9.47 Å². The smallest absolute Gasteiger partial charge is 0.413 e. The lowest BCUT2D eigenvalue weighted by Crippen LogP contribution is -2.14. The van der Waals surface area contributed by atoms with E-state index in [0.29, 0.717) is 22.3 Å². The number of methoxy groups -OCH3 is 1. The molecule has 0 fully saturated rings. The topological polar surface area (TPSA) is 102 Å². The second-order valence-corrected chi connectivity index (χ2v) is 6.30. The number of pyridine rings is 2. The Hall–Kier alpha value is -4.01. The molecule has 4 aromatic rings. The lowest BCUT2D eigenvalue weighted by Gasteiger charge is -2.09. The Labute approximate surface area is 171 Å². The van der Waals surface area contributed by atoms with Gasteiger partial charge >= 0.3 is 6.09 Å². The fourth-order valence-electron chi connectivity index (χ4n) is 3.06. The Kier molecular flexibility index (Phi) is 5.25. The summed E-state index contributed by atoms with van der Waals surface area (Å²) in [5.41, 5.74) is 3.19. The van der Waals surface area contributed by atoms with Gasteiger partial charge in [-0.25, -0.2) is 14.2 Å². The second-order valence-electron chi connectivity index (χ2n) is 6.30. The average molecular weight is 407 g/mol. The molecule has 1 aromatic carbocycles. The van der Waals surface area contributed by atoms with Gasteiger partial charge in [0.25, 0.3) is 0 Å². The molecule has 0 saturated heterocycles. The van der Waals surface area contributed by atoms with Crippen LogP contribution in [0.5, 0.6) is 5.75 Å². The number of aromatic amines is 1. The molecule has 0 aliphatic rings. The number of nitrogens with one attached hydrogen (secondary N) is 2. The maximum absolute atomic E-state index is 14.6. The zero-order chi connectivity index (χ0) is 21.1. The molecule has 30 heavy (non-hydrogen) atoms. The highest BCUT2D eigenvalue weighted by atomic mass is 19.1. The number of benzene rings is 1. The van der Waals surface area contributed by atoms with Gasteiger partial charge in [0.05, 0.1) is 30.9 Å². The van der Waals surface area contributed by atoms with Crippen LogP contribution in [0.1, 0.15) is 6.92 Å². The van der Waals surface area contributed by atoms with E-state index in [1.165, 1.54) is 18.3 Å². The summed E-state index contributed by atoms with van der Waals surface area (Å²) in [6.07, 6.45) is 4.14. The molecule has 8 nitrogen and oxygen atoms in total. The van der Waals surface area contributed by atoms with Crippen molar-refractivity contribution >= 4 is 23.1 Å². The van der Waals surface area contributed by atoms with Crippen LogP contribution in [0.25, 0.3) is 33.4 Å². The standard InChI is InChI=1S/C21H18FN5O3/c1-3-30-21(28)27-20-25-17-9-12(13-7-14(29-2)11-23-10-13)8-15(19(17)26-20)18-16(22)5-4-6-24-18/h4-11H,3H2,1-2H3,(H2,25,26,27,28). The third-order valence-corrected chi connectivity index (χ3v) is 4.38. The van der Waals surface area contributed by atoms with Gasteiger partial charge in [-0.1, -0.05) is 0 Å². The van der Waals surface area contributed by atoms with Crippen LogP contribution in [0, 0.1) is 5.82 Å². The number of imidazole rings is 1. The van der Waals surface area contributed by atoms with E-state index in [9.17, 15) is 9.18 Å². The van der Waals surface area contributed by atoms with Crippen LogP contribution in [0.4, 0.5) is 15.1 Å². The van der Waals surface area contributed by atoms with Gasteiger partial charge in [-0.3, -0.25) is 15.3 Å². The molecule has 0 saturated carbocycles. The van der Waals surface area contributed by atoms with Gasteiger partial charge in [-0.05, 0) is 42.8 Å². The number of ether oxygens (including phenoxy) is 2.